The molecule has 0 radical (unpaired) electrons. The van der Waals surface area contributed by atoms with Crippen LogP contribution in [0.5, 0.6) is 0 Å². The van der Waals surface area contributed by atoms with E-state index in [0.29, 0.717) is 11.1 Å². The standard InChI is InChI=1S/C16H17FN2O2/c1-12(2)19-8-7-18(16(19)21)11-14-6-5-13(4-3-9-20)10-15(14)17/h5-8,10,12,20H,9,11H2,1-2H3. The Kier molecular flexibility index (Phi) is 4.61. The maximum absolute atomic E-state index is 14.0. The van der Waals surface area contributed by atoms with Crippen LogP contribution in [0.2, 0.25) is 0 Å². The zero-order valence-corrected chi connectivity index (χ0v) is 12.0. The van der Waals surface area contributed by atoms with E-state index in [1.807, 2.05) is 13.8 Å². The first-order valence-corrected chi connectivity index (χ1v) is 6.68. The second-order valence-corrected chi connectivity index (χ2v) is 4.98. The quantitative estimate of drug-likeness (QED) is 0.875. The lowest BCUT2D eigenvalue weighted by Gasteiger charge is -2.06. The van der Waals surface area contributed by atoms with Crippen molar-refractivity contribution in [1.29, 1.82) is 0 Å². The summed E-state index contributed by atoms with van der Waals surface area (Å²) in [5.41, 5.74) is 0.763. The Bertz CT molecular complexity index is 748. The Morgan fingerprint density at radius 2 is 2.10 bits per heavy atom. The van der Waals surface area contributed by atoms with Gasteiger partial charge in [0.15, 0.2) is 0 Å². The first kappa shape index (κ1) is 15.1. The second-order valence-electron chi connectivity index (χ2n) is 4.98. The lowest BCUT2D eigenvalue weighted by molar-refractivity contribution is 0.350. The molecule has 4 nitrogen and oxygen atoms in total. The van der Waals surface area contributed by atoms with Crippen molar-refractivity contribution in [3.05, 3.63) is 58.0 Å². The normalized spacial score (nSPS) is 10.5. The molecule has 0 saturated heterocycles. The number of aliphatic hydroxyl groups is 1. The molecule has 1 aromatic heterocycles. The fourth-order valence-corrected chi connectivity index (χ4v) is 2.02. The zero-order valence-electron chi connectivity index (χ0n) is 12.0. The summed E-state index contributed by atoms with van der Waals surface area (Å²) >= 11 is 0. The molecule has 0 aliphatic heterocycles. The molecule has 1 aromatic carbocycles. The van der Waals surface area contributed by atoms with Crippen molar-refractivity contribution in [2.24, 2.45) is 0 Å². The molecule has 0 aliphatic carbocycles. The van der Waals surface area contributed by atoms with Gasteiger partial charge in [-0.05, 0) is 26.0 Å². The molecular formula is C16H17FN2O2. The molecule has 2 aromatic rings. The molecular weight excluding hydrogens is 271 g/mol. The summed E-state index contributed by atoms with van der Waals surface area (Å²) in [6.45, 7) is 3.75. The highest BCUT2D eigenvalue weighted by atomic mass is 19.1. The molecule has 1 heterocycles. The molecule has 0 atom stereocenters. The highest BCUT2D eigenvalue weighted by Gasteiger charge is 2.09. The van der Waals surface area contributed by atoms with Gasteiger partial charge in [0, 0.05) is 29.6 Å². The lowest BCUT2D eigenvalue weighted by Crippen LogP contribution is -2.25. The van der Waals surface area contributed by atoms with Gasteiger partial charge in [-0.15, -0.1) is 0 Å². The minimum absolute atomic E-state index is 0.0692. The number of aromatic nitrogens is 2. The first-order chi connectivity index (χ1) is 10.0. The average Bonchev–Trinajstić information content (AvgIpc) is 2.80. The maximum Gasteiger partial charge on any atom is 0.328 e. The van der Waals surface area contributed by atoms with Crippen LogP contribution in [0, 0.1) is 17.7 Å². The van der Waals surface area contributed by atoms with E-state index in [1.165, 1.54) is 10.6 Å². The Morgan fingerprint density at radius 1 is 1.33 bits per heavy atom. The Balaban J connectivity index is 2.26. The minimum atomic E-state index is -0.413. The van der Waals surface area contributed by atoms with Crippen molar-refractivity contribution in [2.45, 2.75) is 26.4 Å². The van der Waals surface area contributed by atoms with E-state index in [9.17, 15) is 9.18 Å². The number of benzene rings is 1. The number of halogens is 1. The highest BCUT2D eigenvalue weighted by Crippen LogP contribution is 2.11. The summed E-state index contributed by atoms with van der Waals surface area (Å²) in [6.07, 6.45) is 3.35. The molecule has 2 rings (SSSR count). The second kappa shape index (κ2) is 6.42. The van der Waals surface area contributed by atoms with Gasteiger partial charge >= 0.3 is 5.69 Å². The van der Waals surface area contributed by atoms with Gasteiger partial charge in [0.25, 0.3) is 0 Å². The van der Waals surface area contributed by atoms with Crippen LogP contribution in [0.1, 0.15) is 31.0 Å². The van der Waals surface area contributed by atoms with Crippen molar-refractivity contribution in [1.82, 2.24) is 9.13 Å². The predicted molar refractivity (Wildman–Crippen MR) is 78.5 cm³/mol. The van der Waals surface area contributed by atoms with Crippen molar-refractivity contribution < 1.29 is 9.50 Å². The van der Waals surface area contributed by atoms with Crippen LogP contribution in [0.3, 0.4) is 0 Å². The summed E-state index contributed by atoms with van der Waals surface area (Å²) in [5, 5.41) is 8.62. The number of nitrogens with zero attached hydrogens (tertiary/aromatic N) is 2. The van der Waals surface area contributed by atoms with E-state index in [2.05, 4.69) is 11.8 Å². The van der Waals surface area contributed by atoms with Crippen LogP contribution in [0.4, 0.5) is 4.39 Å². The average molecular weight is 288 g/mol. The molecule has 0 spiro atoms. The van der Waals surface area contributed by atoms with E-state index < -0.39 is 5.82 Å². The lowest BCUT2D eigenvalue weighted by atomic mass is 10.1. The molecule has 110 valence electrons. The smallest absolute Gasteiger partial charge is 0.328 e. The summed E-state index contributed by atoms with van der Waals surface area (Å²) in [6, 6.07) is 4.66. The van der Waals surface area contributed by atoms with E-state index in [0.717, 1.165) is 0 Å². The third-order valence-electron chi connectivity index (χ3n) is 3.14. The maximum atomic E-state index is 14.0. The largest absolute Gasteiger partial charge is 0.384 e. The number of imidazole rings is 1. The molecule has 0 unspecified atom stereocenters. The number of hydrogen-bond donors (Lipinski definition) is 1. The van der Waals surface area contributed by atoms with Crippen molar-refractivity contribution in [3.63, 3.8) is 0 Å². The van der Waals surface area contributed by atoms with Gasteiger partial charge in [0.2, 0.25) is 0 Å². The molecule has 5 heteroatoms. The monoisotopic (exact) mass is 288 g/mol. The van der Waals surface area contributed by atoms with E-state index in [4.69, 9.17) is 5.11 Å². The van der Waals surface area contributed by atoms with E-state index in [-0.39, 0.29) is 24.9 Å². The van der Waals surface area contributed by atoms with Crippen LogP contribution in [-0.2, 0) is 6.54 Å². The van der Waals surface area contributed by atoms with Gasteiger partial charge in [-0.1, -0.05) is 17.9 Å². The summed E-state index contributed by atoms with van der Waals surface area (Å²) in [5.74, 6) is 4.70. The van der Waals surface area contributed by atoms with Crippen LogP contribution in [0.25, 0.3) is 0 Å². The Morgan fingerprint density at radius 3 is 2.67 bits per heavy atom. The summed E-state index contributed by atoms with van der Waals surface area (Å²) in [4.78, 5) is 12.1. The Labute approximate surface area is 122 Å². The van der Waals surface area contributed by atoms with Crippen molar-refractivity contribution in [2.75, 3.05) is 6.61 Å². The minimum Gasteiger partial charge on any atom is -0.384 e. The molecule has 0 bridgehead atoms. The number of rotatable bonds is 3. The van der Waals surface area contributed by atoms with E-state index in [1.54, 1.807) is 29.1 Å². The first-order valence-electron chi connectivity index (χ1n) is 6.68. The fourth-order valence-electron chi connectivity index (χ4n) is 2.02. The SMILES string of the molecule is CC(C)n1ccn(Cc2ccc(C#CCO)cc2F)c1=O. The summed E-state index contributed by atoms with van der Waals surface area (Å²) < 4.78 is 17.1. The topological polar surface area (TPSA) is 47.2 Å². The van der Waals surface area contributed by atoms with Crippen LogP contribution in [-0.4, -0.2) is 20.8 Å². The van der Waals surface area contributed by atoms with Crippen molar-refractivity contribution >= 4 is 0 Å². The van der Waals surface area contributed by atoms with Gasteiger partial charge in [0.05, 0.1) is 6.54 Å². The van der Waals surface area contributed by atoms with Gasteiger partial charge in [0.1, 0.15) is 12.4 Å². The zero-order chi connectivity index (χ0) is 15.4. The van der Waals surface area contributed by atoms with Gasteiger partial charge < -0.3 is 5.11 Å². The molecule has 21 heavy (non-hydrogen) atoms. The van der Waals surface area contributed by atoms with Crippen LogP contribution in [0.15, 0.2) is 35.4 Å². The third-order valence-corrected chi connectivity index (χ3v) is 3.14. The molecule has 0 fully saturated rings. The Hall–Kier alpha value is -2.32. The summed E-state index contributed by atoms with van der Waals surface area (Å²) in [7, 11) is 0. The van der Waals surface area contributed by atoms with Gasteiger partial charge in [-0.2, -0.15) is 0 Å². The molecule has 0 aliphatic rings. The van der Waals surface area contributed by atoms with Gasteiger partial charge in [-0.25, -0.2) is 9.18 Å². The predicted octanol–water partition coefficient (Wildman–Crippen LogP) is 1.76. The molecule has 1 N–H and O–H groups in total. The van der Waals surface area contributed by atoms with Crippen LogP contribution < -0.4 is 5.69 Å². The number of aliphatic hydroxyl groups excluding tert-OH is 1. The highest BCUT2D eigenvalue weighted by molar-refractivity contribution is 5.37. The number of hydrogen-bond acceptors (Lipinski definition) is 2. The molecule has 0 saturated carbocycles. The molecule has 0 amide bonds. The fraction of sp³-hybridized carbons (Fsp3) is 0.312. The van der Waals surface area contributed by atoms with Gasteiger partial charge in [-0.3, -0.25) is 9.13 Å². The van der Waals surface area contributed by atoms with E-state index >= 15 is 0 Å². The third kappa shape index (κ3) is 3.41. The van der Waals surface area contributed by atoms with Crippen LogP contribution >= 0.6 is 0 Å². The van der Waals surface area contributed by atoms with Crippen molar-refractivity contribution in [3.8, 4) is 11.8 Å².